The lowest BCUT2D eigenvalue weighted by molar-refractivity contribution is 0.527. The number of rotatable bonds is 3. The van der Waals surface area contributed by atoms with Crippen LogP contribution in [0.5, 0.6) is 0 Å². The Kier molecular flexibility index (Phi) is 4.67. The van der Waals surface area contributed by atoms with Crippen LogP contribution in [0.2, 0.25) is 0 Å². The maximum absolute atomic E-state index is 14.1. The Morgan fingerprint density at radius 2 is 1.32 bits per heavy atom. The molecule has 2 rings (SSSR count). The predicted octanol–water partition coefficient (Wildman–Crippen LogP) is 4.04. The molecule has 0 radical (unpaired) electrons. The summed E-state index contributed by atoms with van der Waals surface area (Å²) in [5.41, 5.74) is 2.99. The third-order valence-corrected chi connectivity index (χ3v) is 3.98. The Morgan fingerprint density at radius 3 is 1.68 bits per heavy atom. The zero-order chi connectivity index (χ0) is 14.0. The van der Waals surface area contributed by atoms with Crippen LogP contribution in [0.1, 0.15) is 17.2 Å². The van der Waals surface area contributed by atoms with Gasteiger partial charge in [-0.15, -0.1) is 0 Å². The standard InChI is InChI=1S/C13H10Br2F2N2/c14-9-5-1-3-7(11(9)16)13(19-18)8-4-2-6-10(15)12(8)17/h1-6,13,19H,18H2. The van der Waals surface area contributed by atoms with Gasteiger partial charge in [0.05, 0.1) is 15.0 Å². The summed E-state index contributed by atoms with van der Waals surface area (Å²) < 4.78 is 28.8. The molecule has 100 valence electrons. The molecule has 0 aromatic heterocycles. The van der Waals surface area contributed by atoms with Crippen LogP contribution >= 0.6 is 31.9 Å². The van der Waals surface area contributed by atoms with Gasteiger partial charge < -0.3 is 0 Å². The Balaban J connectivity index is 2.57. The topological polar surface area (TPSA) is 38.0 Å². The van der Waals surface area contributed by atoms with Crippen molar-refractivity contribution in [1.82, 2.24) is 5.43 Å². The number of nitrogens with two attached hydrogens (primary N) is 1. The van der Waals surface area contributed by atoms with E-state index in [4.69, 9.17) is 5.84 Å². The maximum Gasteiger partial charge on any atom is 0.142 e. The van der Waals surface area contributed by atoms with E-state index >= 15 is 0 Å². The molecule has 0 saturated heterocycles. The van der Waals surface area contributed by atoms with Gasteiger partial charge in [0.15, 0.2) is 0 Å². The van der Waals surface area contributed by atoms with Gasteiger partial charge in [-0.25, -0.2) is 14.2 Å². The third-order valence-electron chi connectivity index (χ3n) is 2.75. The monoisotopic (exact) mass is 390 g/mol. The molecule has 0 bridgehead atoms. The second-order valence-corrected chi connectivity index (χ2v) is 5.59. The van der Waals surface area contributed by atoms with Crippen molar-refractivity contribution in [1.29, 1.82) is 0 Å². The zero-order valence-electron chi connectivity index (χ0n) is 9.63. The van der Waals surface area contributed by atoms with Gasteiger partial charge >= 0.3 is 0 Å². The van der Waals surface area contributed by atoms with Gasteiger partial charge in [0.25, 0.3) is 0 Å². The lowest BCUT2D eigenvalue weighted by atomic mass is 9.98. The van der Waals surface area contributed by atoms with Crippen molar-refractivity contribution in [2.75, 3.05) is 0 Å². The number of nitrogens with one attached hydrogen (secondary N) is 1. The quantitative estimate of drug-likeness (QED) is 0.612. The molecular formula is C13H10Br2F2N2. The minimum atomic E-state index is -0.769. The van der Waals surface area contributed by atoms with Gasteiger partial charge in [-0.2, -0.15) is 0 Å². The highest BCUT2D eigenvalue weighted by molar-refractivity contribution is 9.10. The van der Waals surface area contributed by atoms with E-state index in [9.17, 15) is 8.78 Å². The summed E-state index contributed by atoms with van der Waals surface area (Å²) in [6.07, 6.45) is 0. The summed E-state index contributed by atoms with van der Waals surface area (Å²) >= 11 is 6.20. The summed E-state index contributed by atoms with van der Waals surface area (Å²) in [5.74, 6) is 4.53. The number of halogens is 4. The van der Waals surface area contributed by atoms with Crippen LogP contribution in [0.4, 0.5) is 8.78 Å². The highest BCUT2D eigenvalue weighted by atomic mass is 79.9. The van der Waals surface area contributed by atoms with Crippen LogP contribution in [-0.4, -0.2) is 0 Å². The first kappa shape index (κ1) is 14.6. The molecule has 0 aliphatic heterocycles. The van der Waals surface area contributed by atoms with E-state index in [0.29, 0.717) is 8.95 Å². The molecule has 0 spiro atoms. The van der Waals surface area contributed by atoms with Crippen molar-refractivity contribution in [3.05, 3.63) is 68.1 Å². The SMILES string of the molecule is NNC(c1cccc(Br)c1F)c1cccc(Br)c1F. The molecule has 6 heteroatoms. The Bertz CT molecular complexity index is 554. The van der Waals surface area contributed by atoms with Gasteiger partial charge in [0.2, 0.25) is 0 Å². The van der Waals surface area contributed by atoms with Gasteiger partial charge in [0.1, 0.15) is 11.6 Å². The minimum absolute atomic E-state index is 0.272. The molecule has 0 fully saturated rings. The molecule has 0 saturated carbocycles. The highest BCUT2D eigenvalue weighted by Gasteiger charge is 2.21. The largest absolute Gasteiger partial charge is 0.271 e. The fourth-order valence-corrected chi connectivity index (χ4v) is 2.60. The highest BCUT2D eigenvalue weighted by Crippen LogP contribution is 2.31. The van der Waals surface area contributed by atoms with Gasteiger partial charge in [-0.3, -0.25) is 5.84 Å². The van der Waals surface area contributed by atoms with Crippen molar-refractivity contribution in [2.24, 2.45) is 5.84 Å². The summed E-state index contributed by atoms with van der Waals surface area (Å²) in [6.45, 7) is 0. The molecule has 19 heavy (non-hydrogen) atoms. The summed E-state index contributed by atoms with van der Waals surface area (Å²) in [4.78, 5) is 0. The molecule has 0 unspecified atom stereocenters. The number of benzene rings is 2. The Labute approximate surface area is 126 Å². The Hall–Kier alpha value is -0.820. The van der Waals surface area contributed by atoms with E-state index in [1.807, 2.05) is 0 Å². The Morgan fingerprint density at radius 1 is 0.895 bits per heavy atom. The van der Waals surface area contributed by atoms with Crippen LogP contribution in [0.3, 0.4) is 0 Å². The van der Waals surface area contributed by atoms with Crippen molar-refractivity contribution in [3.63, 3.8) is 0 Å². The van der Waals surface area contributed by atoms with E-state index in [1.54, 1.807) is 36.4 Å². The van der Waals surface area contributed by atoms with Crippen molar-refractivity contribution in [2.45, 2.75) is 6.04 Å². The normalized spacial score (nSPS) is 11.1. The van der Waals surface area contributed by atoms with Crippen LogP contribution in [0.15, 0.2) is 45.3 Å². The number of hydrazine groups is 1. The molecule has 3 N–H and O–H groups in total. The van der Waals surface area contributed by atoms with Crippen LogP contribution in [0, 0.1) is 11.6 Å². The fourth-order valence-electron chi connectivity index (χ4n) is 1.83. The molecule has 0 aliphatic carbocycles. The lowest BCUT2D eigenvalue weighted by Crippen LogP contribution is -2.30. The van der Waals surface area contributed by atoms with E-state index in [1.165, 1.54) is 0 Å². The zero-order valence-corrected chi connectivity index (χ0v) is 12.8. The van der Waals surface area contributed by atoms with Crippen molar-refractivity contribution >= 4 is 31.9 Å². The number of hydrogen-bond acceptors (Lipinski definition) is 2. The minimum Gasteiger partial charge on any atom is -0.271 e. The van der Waals surface area contributed by atoms with E-state index in [0.717, 1.165) is 0 Å². The molecule has 2 nitrogen and oxygen atoms in total. The number of hydrogen-bond donors (Lipinski definition) is 2. The average Bonchev–Trinajstić information content (AvgIpc) is 2.40. The van der Waals surface area contributed by atoms with E-state index in [-0.39, 0.29) is 11.1 Å². The van der Waals surface area contributed by atoms with E-state index < -0.39 is 17.7 Å². The summed E-state index contributed by atoms with van der Waals surface area (Å²) in [7, 11) is 0. The molecule has 0 heterocycles. The van der Waals surface area contributed by atoms with Gasteiger partial charge in [0, 0.05) is 11.1 Å². The lowest BCUT2D eigenvalue weighted by Gasteiger charge is -2.19. The molecule has 0 atom stereocenters. The first-order chi connectivity index (χ1) is 9.06. The van der Waals surface area contributed by atoms with Crippen molar-refractivity contribution in [3.8, 4) is 0 Å². The van der Waals surface area contributed by atoms with Gasteiger partial charge in [-0.05, 0) is 44.0 Å². The molecule has 0 amide bonds. The van der Waals surface area contributed by atoms with Crippen LogP contribution < -0.4 is 11.3 Å². The maximum atomic E-state index is 14.1. The second-order valence-electron chi connectivity index (χ2n) is 3.89. The van der Waals surface area contributed by atoms with Gasteiger partial charge in [-0.1, -0.05) is 24.3 Å². The average molecular weight is 392 g/mol. The van der Waals surface area contributed by atoms with E-state index in [2.05, 4.69) is 37.3 Å². The first-order valence-electron chi connectivity index (χ1n) is 5.40. The van der Waals surface area contributed by atoms with Crippen molar-refractivity contribution < 1.29 is 8.78 Å². The predicted molar refractivity (Wildman–Crippen MR) is 77.4 cm³/mol. The molecule has 2 aromatic carbocycles. The van der Waals surface area contributed by atoms with Crippen LogP contribution in [0.25, 0.3) is 0 Å². The molecule has 2 aromatic rings. The molecule has 0 aliphatic rings. The summed E-state index contributed by atoms with van der Waals surface area (Å²) in [5, 5.41) is 0. The second kappa shape index (κ2) is 6.09. The smallest absolute Gasteiger partial charge is 0.142 e. The van der Waals surface area contributed by atoms with Crippen LogP contribution in [-0.2, 0) is 0 Å². The summed E-state index contributed by atoms with van der Waals surface area (Å²) in [6, 6.07) is 8.84. The molecular weight excluding hydrogens is 382 g/mol. The first-order valence-corrected chi connectivity index (χ1v) is 6.98. The fraction of sp³-hybridized carbons (Fsp3) is 0.0769. The third kappa shape index (κ3) is 2.86.